The molecule has 0 spiro atoms. The molecule has 0 atom stereocenters. The van der Waals surface area contributed by atoms with Crippen LogP contribution in [0.1, 0.15) is 0 Å². The second kappa shape index (κ2) is 3.75. The normalized spacial score (nSPS) is 9.85. The number of methoxy groups -OCH3 is 1. The minimum atomic E-state index is 0.533. The van der Waals surface area contributed by atoms with Crippen LogP contribution in [0, 0.1) is 0 Å². The van der Waals surface area contributed by atoms with Gasteiger partial charge in [-0.05, 0) is 6.07 Å². The molecule has 0 heterocycles. The first kappa shape index (κ1) is 9.99. The van der Waals surface area contributed by atoms with Crippen LogP contribution in [-0.2, 0) is 0 Å². The third-order valence-electron chi connectivity index (χ3n) is 1.78. The van der Waals surface area contributed by atoms with E-state index in [1.807, 2.05) is 25.1 Å². The van der Waals surface area contributed by atoms with Gasteiger partial charge in [-0.25, -0.2) is 0 Å². The van der Waals surface area contributed by atoms with Crippen LogP contribution < -0.4 is 15.4 Å². The highest BCUT2D eigenvalue weighted by Gasteiger charge is 2.07. The number of hydrogen-bond donors (Lipinski definition) is 1. The molecular formula is C9H13ClN2O. The summed E-state index contributed by atoms with van der Waals surface area (Å²) in [5.74, 6) is 0.638. The number of nitrogens with zero attached hydrogens (tertiary/aromatic N) is 1. The number of benzene rings is 1. The summed E-state index contributed by atoms with van der Waals surface area (Å²) < 4.78 is 5.08. The third-order valence-corrected chi connectivity index (χ3v) is 2.08. The summed E-state index contributed by atoms with van der Waals surface area (Å²) in [5.41, 5.74) is 7.32. The van der Waals surface area contributed by atoms with Gasteiger partial charge in [0.05, 0.1) is 23.5 Å². The molecule has 0 unspecified atom stereocenters. The zero-order valence-electron chi connectivity index (χ0n) is 7.97. The number of hydrogen-bond acceptors (Lipinski definition) is 3. The van der Waals surface area contributed by atoms with Crippen molar-refractivity contribution in [2.45, 2.75) is 0 Å². The predicted octanol–water partition coefficient (Wildman–Crippen LogP) is 2.00. The van der Waals surface area contributed by atoms with Crippen molar-refractivity contribution in [2.75, 3.05) is 31.8 Å². The lowest BCUT2D eigenvalue weighted by molar-refractivity contribution is 0.415. The molecule has 2 N–H and O–H groups in total. The molecule has 72 valence electrons. The summed E-state index contributed by atoms with van der Waals surface area (Å²) >= 11 is 5.88. The Morgan fingerprint density at radius 3 is 2.46 bits per heavy atom. The maximum absolute atomic E-state index is 5.88. The second-order valence-corrected chi connectivity index (χ2v) is 3.35. The molecular weight excluding hydrogens is 188 g/mol. The van der Waals surface area contributed by atoms with E-state index in [4.69, 9.17) is 22.1 Å². The fourth-order valence-electron chi connectivity index (χ4n) is 1.10. The van der Waals surface area contributed by atoms with Crippen molar-refractivity contribution in [3.63, 3.8) is 0 Å². The van der Waals surface area contributed by atoms with Gasteiger partial charge in [-0.1, -0.05) is 11.6 Å². The van der Waals surface area contributed by atoms with Gasteiger partial charge in [0.15, 0.2) is 0 Å². The molecule has 0 saturated carbocycles. The average Bonchev–Trinajstić information content (AvgIpc) is 2.03. The van der Waals surface area contributed by atoms with Crippen LogP contribution in [0.15, 0.2) is 12.1 Å². The van der Waals surface area contributed by atoms with Crippen molar-refractivity contribution < 1.29 is 4.74 Å². The highest BCUT2D eigenvalue weighted by molar-refractivity contribution is 6.32. The first-order chi connectivity index (χ1) is 6.06. The zero-order valence-corrected chi connectivity index (χ0v) is 8.72. The number of rotatable bonds is 2. The SMILES string of the molecule is COc1cc(N(C)C)c(N)cc1Cl. The lowest BCUT2D eigenvalue weighted by Crippen LogP contribution is -2.11. The van der Waals surface area contributed by atoms with Gasteiger partial charge in [0.2, 0.25) is 0 Å². The molecule has 0 radical (unpaired) electrons. The second-order valence-electron chi connectivity index (χ2n) is 2.94. The maximum Gasteiger partial charge on any atom is 0.139 e. The first-order valence-electron chi connectivity index (χ1n) is 3.86. The van der Waals surface area contributed by atoms with Gasteiger partial charge in [-0.2, -0.15) is 0 Å². The van der Waals surface area contributed by atoms with Gasteiger partial charge >= 0.3 is 0 Å². The molecule has 1 rings (SSSR count). The number of halogens is 1. The van der Waals surface area contributed by atoms with Crippen molar-refractivity contribution in [1.29, 1.82) is 0 Å². The monoisotopic (exact) mass is 200 g/mol. The predicted molar refractivity (Wildman–Crippen MR) is 56.7 cm³/mol. The fourth-order valence-corrected chi connectivity index (χ4v) is 1.35. The summed E-state index contributed by atoms with van der Waals surface area (Å²) in [6, 6.07) is 3.51. The maximum atomic E-state index is 5.88. The Balaban J connectivity index is 3.22. The van der Waals surface area contributed by atoms with Gasteiger partial charge in [-0.15, -0.1) is 0 Å². The molecule has 0 aromatic heterocycles. The van der Waals surface area contributed by atoms with Crippen LogP contribution in [0.3, 0.4) is 0 Å². The van der Waals surface area contributed by atoms with E-state index >= 15 is 0 Å². The van der Waals surface area contributed by atoms with E-state index in [-0.39, 0.29) is 0 Å². The molecule has 0 bridgehead atoms. The minimum absolute atomic E-state index is 0.533. The lowest BCUT2D eigenvalue weighted by Gasteiger charge is -2.16. The first-order valence-corrected chi connectivity index (χ1v) is 4.24. The van der Waals surface area contributed by atoms with Crippen LogP contribution in [-0.4, -0.2) is 21.2 Å². The van der Waals surface area contributed by atoms with Gasteiger partial charge in [0.25, 0.3) is 0 Å². The molecule has 0 saturated heterocycles. The molecule has 13 heavy (non-hydrogen) atoms. The van der Waals surface area contributed by atoms with Crippen molar-refractivity contribution in [1.82, 2.24) is 0 Å². The smallest absolute Gasteiger partial charge is 0.139 e. The average molecular weight is 201 g/mol. The van der Waals surface area contributed by atoms with Crippen molar-refractivity contribution >= 4 is 23.0 Å². The summed E-state index contributed by atoms with van der Waals surface area (Å²) in [6.45, 7) is 0. The van der Waals surface area contributed by atoms with E-state index in [9.17, 15) is 0 Å². The van der Waals surface area contributed by atoms with Gasteiger partial charge in [-0.3, -0.25) is 0 Å². The Labute approximate surface area is 83.0 Å². The summed E-state index contributed by atoms with van der Waals surface area (Å²) in [7, 11) is 5.41. The molecule has 0 aliphatic rings. The largest absolute Gasteiger partial charge is 0.495 e. The van der Waals surface area contributed by atoms with Crippen molar-refractivity contribution in [2.24, 2.45) is 0 Å². The topological polar surface area (TPSA) is 38.5 Å². The molecule has 1 aromatic carbocycles. The summed E-state index contributed by atoms with van der Waals surface area (Å²) in [6.07, 6.45) is 0. The van der Waals surface area contributed by atoms with Crippen molar-refractivity contribution in [3.05, 3.63) is 17.2 Å². The van der Waals surface area contributed by atoms with E-state index in [1.165, 1.54) is 0 Å². The quantitative estimate of drug-likeness (QED) is 0.743. The number of nitrogen functional groups attached to an aromatic ring is 1. The third kappa shape index (κ3) is 1.98. The Kier molecular flexibility index (Phi) is 2.88. The molecule has 1 aromatic rings. The Bertz CT molecular complexity index is 313. The standard InChI is InChI=1S/C9H13ClN2O/c1-12(2)8-5-9(13-3)6(10)4-7(8)11/h4-5H,11H2,1-3H3. The lowest BCUT2D eigenvalue weighted by atomic mass is 10.2. The number of anilines is 2. The molecule has 0 fully saturated rings. The van der Waals surface area contributed by atoms with Crippen LogP contribution in [0.4, 0.5) is 11.4 Å². The molecule has 0 aliphatic carbocycles. The molecule has 3 nitrogen and oxygen atoms in total. The number of ether oxygens (including phenoxy) is 1. The molecule has 0 amide bonds. The highest BCUT2D eigenvalue weighted by Crippen LogP contribution is 2.33. The van der Waals surface area contributed by atoms with Crippen LogP contribution in [0.25, 0.3) is 0 Å². The van der Waals surface area contributed by atoms with Crippen LogP contribution in [0.2, 0.25) is 5.02 Å². The zero-order chi connectivity index (χ0) is 10.0. The van der Waals surface area contributed by atoms with E-state index < -0.39 is 0 Å². The Morgan fingerprint density at radius 2 is 2.00 bits per heavy atom. The van der Waals surface area contributed by atoms with E-state index in [1.54, 1.807) is 13.2 Å². The Morgan fingerprint density at radius 1 is 1.38 bits per heavy atom. The van der Waals surface area contributed by atoms with Gasteiger partial charge < -0.3 is 15.4 Å². The summed E-state index contributed by atoms with van der Waals surface area (Å²) in [5, 5.41) is 0.533. The van der Waals surface area contributed by atoms with E-state index in [0.717, 1.165) is 5.69 Å². The van der Waals surface area contributed by atoms with Gasteiger partial charge in [0, 0.05) is 20.2 Å². The van der Waals surface area contributed by atoms with Gasteiger partial charge in [0.1, 0.15) is 5.75 Å². The summed E-state index contributed by atoms with van der Waals surface area (Å²) in [4.78, 5) is 1.91. The minimum Gasteiger partial charge on any atom is -0.495 e. The Hall–Kier alpha value is -1.09. The van der Waals surface area contributed by atoms with Crippen LogP contribution >= 0.6 is 11.6 Å². The van der Waals surface area contributed by atoms with E-state index in [0.29, 0.717) is 16.5 Å². The molecule has 0 aliphatic heterocycles. The molecule has 4 heteroatoms. The fraction of sp³-hybridized carbons (Fsp3) is 0.333. The number of nitrogens with two attached hydrogens (primary N) is 1. The van der Waals surface area contributed by atoms with E-state index in [2.05, 4.69) is 0 Å². The highest BCUT2D eigenvalue weighted by atomic mass is 35.5. The van der Waals surface area contributed by atoms with Crippen LogP contribution in [0.5, 0.6) is 5.75 Å². The van der Waals surface area contributed by atoms with Crippen molar-refractivity contribution in [3.8, 4) is 5.75 Å².